The summed E-state index contributed by atoms with van der Waals surface area (Å²) >= 11 is 1.52. The number of carbonyl (C=O) groups excluding carboxylic acids is 1. The van der Waals surface area contributed by atoms with Gasteiger partial charge in [0.2, 0.25) is 0 Å². The molecule has 7 heteroatoms. The first kappa shape index (κ1) is 15.8. The summed E-state index contributed by atoms with van der Waals surface area (Å²) < 4.78 is 0. The Bertz CT molecular complexity index is 722. The maximum absolute atomic E-state index is 11.9. The predicted octanol–water partition coefficient (Wildman–Crippen LogP) is 3.54. The van der Waals surface area contributed by atoms with E-state index in [4.69, 9.17) is 0 Å². The summed E-state index contributed by atoms with van der Waals surface area (Å²) in [7, 11) is 0. The molecule has 0 aliphatic carbocycles. The highest BCUT2D eigenvalue weighted by atomic mass is 32.1. The van der Waals surface area contributed by atoms with E-state index in [1.807, 2.05) is 6.07 Å². The van der Waals surface area contributed by atoms with Gasteiger partial charge in [0.1, 0.15) is 0 Å². The molecule has 1 amide bonds. The molecule has 0 saturated carbocycles. The third kappa shape index (κ3) is 3.76. The summed E-state index contributed by atoms with van der Waals surface area (Å²) in [6.45, 7) is 4.11. The second-order valence-corrected chi connectivity index (χ2v) is 5.85. The molecule has 1 N–H and O–H groups in total. The number of nitrogens with zero attached hydrogens (tertiary/aromatic N) is 2. The Morgan fingerprint density at radius 3 is 2.77 bits per heavy atom. The lowest BCUT2D eigenvalue weighted by Crippen LogP contribution is -2.16. The molecule has 1 aromatic carbocycles. The van der Waals surface area contributed by atoms with Gasteiger partial charge in [-0.25, -0.2) is 5.43 Å². The highest BCUT2D eigenvalue weighted by Crippen LogP contribution is 2.23. The first-order valence-electron chi connectivity index (χ1n) is 6.64. The highest BCUT2D eigenvalue weighted by Gasteiger charge is 2.11. The first-order valence-corrected chi connectivity index (χ1v) is 7.52. The number of benzene rings is 1. The van der Waals surface area contributed by atoms with Gasteiger partial charge < -0.3 is 0 Å². The fraction of sp³-hybridized carbons (Fsp3) is 0.200. The molecule has 2 aromatic rings. The lowest BCUT2D eigenvalue weighted by Gasteiger charge is -1.99. The van der Waals surface area contributed by atoms with Crippen molar-refractivity contribution in [2.45, 2.75) is 19.8 Å². The maximum Gasteiger partial charge on any atom is 0.278 e. The van der Waals surface area contributed by atoms with E-state index in [1.54, 1.807) is 23.6 Å². The van der Waals surface area contributed by atoms with Crippen LogP contribution in [0.4, 0.5) is 5.69 Å². The molecule has 0 bridgehead atoms. The number of amides is 1. The largest absolute Gasteiger partial charge is 0.278 e. The zero-order chi connectivity index (χ0) is 16.1. The van der Waals surface area contributed by atoms with Gasteiger partial charge in [-0.05, 0) is 18.1 Å². The second-order valence-electron chi connectivity index (χ2n) is 4.91. The van der Waals surface area contributed by atoms with Crippen molar-refractivity contribution in [1.29, 1.82) is 0 Å². The Morgan fingerprint density at radius 1 is 1.41 bits per heavy atom. The van der Waals surface area contributed by atoms with Gasteiger partial charge in [0.15, 0.2) is 0 Å². The van der Waals surface area contributed by atoms with E-state index in [9.17, 15) is 14.9 Å². The molecular weight excluding hydrogens is 302 g/mol. The van der Waals surface area contributed by atoms with Gasteiger partial charge in [-0.1, -0.05) is 26.0 Å². The van der Waals surface area contributed by atoms with Crippen LogP contribution in [0.15, 0.2) is 40.8 Å². The molecule has 114 valence electrons. The van der Waals surface area contributed by atoms with Gasteiger partial charge in [-0.15, -0.1) is 11.3 Å². The molecule has 0 spiro atoms. The predicted molar refractivity (Wildman–Crippen MR) is 86.6 cm³/mol. The first-order chi connectivity index (χ1) is 10.5. The normalized spacial score (nSPS) is 11.0. The molecule has 0 fully saturated rings. The Hall–Kier alpha value is -2.54. The van der Waals surface area contributed by atoms with E-state index >= 15 is 0 Å². The minimum atomic E-state index is -0.489. The average Bonchev–Trinajstić information content (AvgIpc) is 2.97. The van der Waals surface area contributed by atoms with Crippen molar-refractivity contribution in [3.8, 4) is 0 Å². The number of carbonyl (C=O) groups is 1. The molecule has 2 rings (SSSR count). The van der Waals surface area contributed by atoms with Crippen LogP contribution in [0.25, 0.3) is 0 Å². The van der Waals surface area contributed by atoms with Crippen molar-refractivity contribution in [3.05, 3.63) is 61.8 Å². The number of hydrogen-bond donors (Lipinski definition) is 1. The number of nitro groups is 1. The zero-order valence-corrected chi connectivity index (χ0v) is 13.0. The number of nitrogens with one attached hydrogen (secondary N) is 1. The third-order valence-electron chi connectivity index (χ3n) is 2.95. The minimum absolute atomic E-state index is 0.0573. The molecule has 6 nitrogen and oxygen atoms in total. The fourth-order valence-corrected chi connectivity index (χ4v) is 2.67. The number of rotatable bonds is 5. The van der Waals surface area contributed by atoms with Gasteiger partial charge in [0.25, 0.3) is 11.6 Å². The van der Waals surface area contributed by atoms with E-state index in [1.165, 1.54) is 23.6 Å². The lowest BCUT2D eigenvalue weighted by molar-refractivity contribution is -0.385. The number of hydrogen-bond acceptors (Lipinski definition) is 5. The monoisotopic (exact) mass is 317 g/mol. The molecular formula is C15H15N3O3S. The van der Waals surface area contributed by atoms with E-state index in [-0.39, 0.29) is 11.6 Å². The van der Waals surface area contributed by atoms with Crippen molar-refractivity contribution in [3.63, 3.8) is 0 Å². The summed E-state index contributed by atoms with van der Waals surface area (Å²) in [6.07, 6.45) is 1.27. The van der Waals surface area contributed by atoms with E-state index in [2.05, 4.69) is 24.4 Å². The van der Waals surface area contributed by atoms with Gasteiger partial charge in [0, 0.05) is 16.3 Å². The smallest absolute Gasteiger partial charge is 0.267 e. The SMILES string of the molecule is CC(C)c1cc(C(=O)N/N=C\c2ccccc2[N+](=O)[O-])cs1. The van der Waals surface area contributed by atoms with Crippen molar-refractivity contribution in [2.75, 3.05) is 0 Å². The number of para-hydroxylation sites is 1. The van der Waals surface area contributed by atoms with Crippen LogP contribution >= 0.6 is 11.3 Å². The molecule has 0 atom stereocenters. The highest BCUT2D eigenvalue weighted by molar-refractivity contribution is 7.10. The van der Waals surface area contributed by atoms with Crippen LogP contribution in [-0.2, 0) is 0 Å². The Balaban J connectivity index is 2.06. The topological polar surface area (TPSA) is 84.6 Å². The van der Waals surface area contributed by atoms with E-state index in [0.29, 0.717) is 17.0 Å². The number of thiophene rings is 1. The third-order valence-corrected chi connectivity index (χ3v) is 4.19. The summed E-state index contributed by atoms with van der Waals surface area (Å²) in [5, 5.41) is 16.4. The summed E-state index contributed by atoms with van der Waals surface area (Å²) in [6, 6.07) is 8.02. The van der Waals surface area contributed by atoms with Crippen molar-refractivity contribution in [1.82, 2.24) is 5.43 Å². The Labute approximate surface area is 131 Å². The van der Waals surface area contributed by atoms with Gasteiger partial charge in [0.05, 0.1) is 22.3 Å². The van der Waals surface area contributed by atoms with Crippen LogP contribution in [0.1, 0.15) is 40.6 Å². The van der Waals surface area contributed by atoms with Crippen LogP contribution in [-0.4, -0.2) is 17.0 Å². The number of hydrazone groups is 1. The van der Waals surface area contributed by atoms with Gasteiger partial charge in [-0.2, -0.15) is 5.10 Å². The average molecular weight is 317 g/mol. The van der Waals surface area contributed by atoms with Crippen LogP contribution in [0.3, 0.4) is 0 Å². The van der Waals surface area contributed by atoms with Crippen LogP contribution < -0.4 is 5.43 Å². The van der Waals surface area contributed by atoms with Crippen molar-refractivity contribution >= 4 is 29.1 Å². The standard InChI is InChI=1S/C15H15N3O3S/c1-10(2)14-7-12(9-22-14)15(19)17-16-8-11-5-3-4-6-13(11)18(20)21/h3-10H,1-2H3,(H,17,19)/b16-8-. The molecule has 1 heterocycles. The minimum Gasteiger partial charge on any atom is -0.267 e. The molecule has 0 saturated heterocycles. The van der Waals surface area contributed by atoms with Crippen LogP contribution in [0, 0.1) is 10.1 Å². The maximum atomic E-state index is 11.9. The van der Waals surface area contributed by atoms with Gasteiger partial charge in [-0.3, -0.25) is 14.9 Å². The van der Waals surface area contributed by atoms with Gasteiger partial charge >= 0.3 is 0 Å². The number of nitro benzene ring substituents is 1. The molecule has 22 heavy (non-hydrogen) atoms. The summed E-state index contributed by atoms with van der Waals surface area (Å²) in [4.78, 5) is 23.4. The Morgan fingerprint density at radius 2 is 2.14 bits per heavy atom. The fourth-order valence-electron chi connectivity index (χ4n) is 1.76. The summed E-state index contributed by atoms with van der Waals surface area (Å²) in [5.74, 6) is 0.0278. The van der Waals surface area contributed by atoms with E-state index < -0.39 is 4.92 Å². The quantitative estimate of drug-likeness (QED) is 0.520. The van der Waals surface area contributed by atoms with Crippen molar-refractivity contribution in [2.24, 2.45) is 5.10 Å². The van der Waals surface area contributed by atoms with E-state index in [0.717, 1.165) is 4.88 Å². The van der Waals surface area contributed by atoms with Crippen LogP contribution in [0.5, 0.6) is 0 Å². The van der Waals surface area contributed by atoms with Crippen molar-refractivity contribution < 1.29 is 9.72 Å². The lowest BCUT2D eigenvalue weighted by atomic mass is 10.1. The molecule has 0 aliphatic rings. The van der Waals surface area contributed by atoms with Crippen LogP contribution in [0.2, 0.25) is 0 Å². The molecule has 0 radical (unpaired) electrons. The molecule has 0 unspecified atom stereocenters. The second kappa shape index (κ2) is 6.95. The molecule has 0 aliphatic heterocycles. The summed E-state index contributed by atoms with van der Waals surface area (Å²) in [5.41, 5.74) is 3.19. The zero-order valence-electron chi connectivity index (χ0n) is 12.1. The molecule has 1 aromatic heterocycles. The Kier molecular flexibility index (Phi) is 5.00.